The van der Waals surface area contributed by atoms with Crippen LogP contribution in [0.4, 0.5) is 0 Å². The maximum absolute atomic E-state index is 13.3. The van der Waals surface area contributed by atoms with Crippen molar-refractivity contribution in [1.29, 1.82) is 0 Å². The summed E-state index contributed by atoms with van der Waals surface area (Å²) in [7, 11) is 0. The van der Waals surface area contributed by atoms with Gasteiger partial charge in [0.15, 0.2) is 18.9 Å². The summed E-state index contributed by atoms with van der Waals surface area (Å²) < 4.78 is 34.2. The smallest absolute Gasteiger partial charge is 0.220 e. The Balaban J connectivity index is 1.32. The van der Waals surface area contributed by atoms with Crippen LogP contribution in [0.3, 0.4) is 0 Å². The van der Waals surface area contributed by atoms with Gasteiger partial charge in [0.1, 0.15) is 73.2 Å². The molecule has 3 rings (SSSR count). The summed E-state index contributed by atoms with van der Waals surface area (Å²) in [6.45, 7) is 1.44. The van der Waals surface area contributed by atoms with Crippen LogP contribution in [0.1, 0.15) is 213 Å². The van der Waals surface area contributed by atoms with Gasteiger partial charge in [-0.3, -0.25) is 4.79 Å². The van der Waals surface area contributed by atoms with Crippen molar-refractivity contribution in [1.82, 2.24) is 5.32 Å². The largest absolute Gasteiger partial charge is 0.394 e. The topological polar surface area (TPSA) is 307 Å². The van der Waals surface area contributed by atoms with Crippen LogP contribution in [0, 0.1) is 0 Å². The molecule has 518 valence electrons. The monoisotopic (exact) mass is 1280 g/mol. The van der Waals surface area contributed by atoms with Gasteiger partial charge < -0.3 is 89.9 Å². The van der Waals surface area contributed by atoms with Crippen LogP contribution in [0.2, 0.25) is 0 Å². The third kappa shape index (κ3) is 33.7. The molecule has 3 heterocycles. The summed E-state index contributed by atoms with van der Waals surface area (Å²) in [5.41, 5.74) is 0. The first kappa shape index (κ1) is 80.9. The molecular formula is C71H121NO18. The Kier molecular flexibility index (Phi) is 46.8. The van der Waals surface area contributed by atoms with Crippen molar-refractivity contribution in [2.45, 2.75) is 317 Å². The molecular weight excluding hydrogens is 1150 g/mol. The number of unbranched alkanes of at least 4 members (excludes halogenated alkanes) is 21. The first-order valence-corrected chi connectivity index (χ1v) is 34.5. The molecule has 19 nitrogen and oxygen atoms in total. The lowest BCUT2D eigenvalue weighted by molar-refractivity contribution is -0.379. The zero-order valence-corrected chi connectivity index (χ0v) is 54.6. The summed E-state index contributed by atoms with van der Waals surface area (Å²) in [6.07, 6.45) is 41.5. The van der Waals surface area contributed by atoms with E-state index in [2.05, 4.69) is 104 Å². The number of ether oxygens (including phenoxy) is 6. The second-order valence-corrected chi connectivity index (χ2v) is 24.2. The maximum atomic E-state index is 13.3. The molecule has 0 aliphatic carbocycles. The minimum Gasteiger partial charge on any atom is -0.394 e. The first-order chi connectivity index (χ1) is 43.8. The summed E-state index contributed by atoms with van der Waals surface area (Å²) in [4.78, 5) is 13.3. The number of nitrogens with one attached hydrogen (secondary N) is 1. The standard InChI is InChI=1S/C71H121NO18/c1-3-5-7-9-11-13-15-16-17-18-19-20-21-22-23-24-25-26-27-28-29-30-31-32-33-34-35-36-37-38-39-41-43-45-47-49-59(77)72-54(55(76)48-46-44-42-40-14-12-10-8-6-4-2)53-85-69-65(83)62(80)67(57(51-74)87-69)90-71-66(84)63(81)68(58(52-75)88-71)89-70-64(82)61(79)60(78)56(50-73)86-70/h5-8,11,13-14,16-17,19-20,22-23,40,46,48,54-58,60-71,73-76,78-84H,3-4,9-10,12,15,18,21,24-39,41-45,47,49-53H2,1-2H3,(H,72,77)/b7-5-,8-6+,13-11-,17-16-,20-19-,23-22-,40-14+,48-46+. The lowest BCUT2D eigenvalue weighted by atomic mass is 9.96. The zero-order valence-electron chi connectivity index (χ0n) is 54.6. The molecule has 17 atom stereocenters. The zero-order chi connectivity index (χ0) is 65.4. The molecule has 0 aromatic rings. The number of aliphatic hydroxyl groups excluding tert-OH is 11. The van der Waals surface area contributed by atoms with Crippen molar-refractivity contribution >= 4 is 5.91 Å². The number of hydrogen-bond acceptors (Lipinski definition) is 18. The summed E-state index contributed by atoms with van der Waals surface area (Å²) in [6, 6.07) is -0.998. The molecule has 3 saturated heterocycles. The van der Waals surface area contributed by atoms with E-state index in [1.807, 2.05) is 6.08 Å². The van der Waals surface area contributed by atoms with E-state index in [-0.39, 0.29) is 18.9 Å². The highest BCUT2D eigenvalue weighted by molar-refractivity contribution is 5.76. The van der Waals surface area contributed by atoms with Crippen molar-refractivity contribution in [2.24, 2.45) is 0 Å². The Labute approximate surface area is 539 Å². The van der Waals surface area contributed by atoms with E-state index in [1.165, 1.54) is 103 Å². The number of carbonyl (C=O) groups is 1. The Morgan fingerprint density at radius 3 is 1.20 bits per heavy atom. The summed E-state index contributed by atoms with van der Waals surface area (Å²) in [5, 5.41) is 120. The fourth-order valence-electron chi connectivity index (χ4n) is 11.1. The molecule has 3 aliphatic heterocycles. The fraction of sp³-hybridized carbons (Fsp3) is 0.761. The average molecular weight is 1280 g/mol. The van der Waals surface area contributed by atoms with Crippen molar-refractivity contribution in [3.05, 3.63) is 97.2 Å². The fourth-order valence-corrected chi connectivity index (χ4v) is 11.1. The van der Waals surface area contributed by atoms with Crippen LogP contribution in [-0.2, 0) is 33.2 Å². The highest BCUT2D eigenvalue weighted by Crippen LogP contribution is 2.33. The van der Waals surface area contributed by atoms with E-state index in [9.17, 15) is 61.0 Å². The molecule has 0 bridgehead atoms. The number of rotatable bonds is 51. The predicted octanol–water partition coefficient (Wildman–Crippen LogP) is 8.88. The van der Waals surface area contributed by atoms with Gasteiger partial charge in [0.05, 0.1) is 38.6 Å². The summed E-state index contributed by atoms with van der Waals surface area (Å²) in [5.74, 6) is -0.294. The van der Waals surface area contributed by atoms with Gasteiger partial charge in [0, 0.05) is 6.42 Å². The molecule has 0 aromatic heterocycles. The molecule has 3 fully saturated rings. The Morgan fingerprint density at radius 2 is 0.744 bits per heavy atom. The van der Waals surface area contributed by atoms with Crippen molar-refractivity contribution < 1.29 is 89.4 Å². The first-order valence-electron chi connectivity index (χ1n) is 34.5. The molecule has 0 aromatic carbocycles. The van der Waals surface area contributed by atoms with Gasteiger partial charge in [-0.2, -0.15) is 0 Å². The number of aliphatic hydroxyl groups is 11. The van der Waals surface area contributed by atoms with Gasteiger partial charge in [-0.05, 0) is 83.5 Å². The van der Waals surface area contributed by atoms with Crippen molar-refractivity contribution in [3.63, 3.8) is 0 Å². The van der Waals surface area contributed by atoms with Gasteiger partial charge in [-0.1, -0.05) is 220 Å². The lowest BCUT2D eigenvalue weighted by Gasteiger charge is -2.48. The van der Waals surface area contributed by atoms with Crippen LogP contribution in [0.5, 0.6) is 0 Å². The maximum Gasteiger partial charge on any atom is 0.220 e. The molecule has 1 amide bonds. The van der Waals surface area contributed by atoms with E-state index in [1.54, 1.807) is 6.08 Å². The quantitative estimate of drug-likeness (QED) is 0.0200. The van der Waals surface area contributed by atoms with Crippen molar-refractivity contribution in [2.75, 3.05) is 26.4 Å². The number of allylic oxidation sites excluding steroid dienone is 15. The highest BCUT2D eigenvalue weighted by Gasteiger charge is 2.53. The molecule has 3 aliphatic rings. The molecule has 0 spiro atoms. The lowest BCUT2D eigenvalue weighted by Crippen LogP contribution is -2.66. The number of carbonyl (C=O) groups excluding carboxylic acids is 1. The molecule has 0 radical (unpaired) electrons. The molecule has 17 unspecified atom stereocenters. The van der Waals surface area contributed by atoms with Gasteiger partial charge in [0.25, 0.3) is 0 Å². The van der Waals surface area contributed by atoms with Gasteiger partial charge in [-0.15, -0.1) is 0 Å². The number of amides is 1. The van der Waals surface area contributed by atoms with E-state index in [0.29, 0.717) is 12.8 Å². The van der Waals surface area contributed by atoms with Gasteiger partial charge in [-0.25, -0.2) is 0 Å². The van der Waals surface area contributed by atoms with E-state index in [4.69, 9.17) is 28.4 Å². The molecule has 90 heavy (non-hydrogen) atoms. The molecule has 0 saturated carbocycles. The van der Waals surface area contributed by atoms with E-state index in [0.717, 1.165) is 77.0 Å². The van der Waals surface area contributed by atoms with E-state index < -0.39 is 124 Å². The van der Waals surface area contributed by atoms with E-state index >= 15 is 0 Å². The average Bonchev–Trinajstić information content (AvgIpc) is 1.08. The van der Waals surface area contributed by atoms with Gasteiger partial charge in [0.2, 0.25) is 5.91 Å². The van der Waals surface area contributed by atoms with Crippen LogP contribution >= 0.6 is 0 Å². The third-order valence-corrected chi connectivity index (χ3v) is 16.6. The Hall–Kier alpha value is -3.29. The van der Waals surface area contributed by atoms with Crippen LogP contribution in [0.15, 0.2) is 97.2 Å². The molecule has 12 N–H and O–H groups in total. The Bertz CT molecular complexity index is 2010. The minimum atomic E-state index is -1.98. The van der Waals surface area contributed by atoms with Crippen LogP contribution < -0.4 is 5.32 Å². The second-order valence-electron chi connectivity index (χ2n) is 24.2. The van der Waals surface area contributed by atoms with Crippen LogP contribution in [0.25, 0.3) is 0 Å². The Morgan fingerprint density at radius 1 is 0.400 bits per heavy atom. The third-order valence-electron chi connectivity index (χ3n) is 16.6. The summed E-state index contributed by atoms with van der Waals surface area (Å²) >= 11 is 0. The SMILES string of the molecule is CC/C=C\C/C=C\C/C=C\C/C=C\C/C=C\CCCCCCCCCCCCCCCCCCCCCC(=O)NC(COC1OC(CO)C(OC2OC(CO)C(OC3OC(CO)C(O)C(O)C3O)C(O)C2O)C(O)C1O)C(O)/C=C/CC/C=C/CC/C=C/CC. The minimum absolute atomic E-state index is 0.229. The second kappa shape index (κ2) is 52.0. The normalized spacial score (nSPS) is 28.7. The van der Waals surface area contributed by atoms with Gasteiger partial charge >= 0.3 is 0 Å². The molecule has 19 heteroatoms. The van der Waals surface area contributed by atoms with Crippen LogP contribution in [-0.4, -0.2) is 193 Å². The highest BCUT2D eigenvalue weighted by atomic mass is 16.8. The predicted molar refractivity (Wildman–Crippen MR) is 351 cm³/mol. The van der Waals surface area contributed by atoms with Crippen molar-refractivity contribution in [3.8, 4) is 0 Å². The number of hydrogen-bond donors (Lipinski definition) is 12.